The Kier molecular flexibility index (Phi) is 11.2. The highest BCUT2D eigenvalue weighted by atomic mass is 35.5. The number of carbonyl (C=O) groups excluding carboxylic acids is 1. The first-order chi connectivity index (χ1) is 26.9. The molecule has 3 aliphatic carbocycles. The van der Waals surface area contributed by atoms with Gasteiger partial charge in [0.05, 0.1) is 23.2 Å². The van der Waals surface area contributed by atoms with Crippen LogP contribution in [-0.2, 0) is 35.2 Å². The Labute approximate surface area is 327 Å². The van der Waals surface area contributed by atoms with Gasteiger partial charge in [0.15, 0.2) is 6.61 Å². The van der Waals surface area contributed by atoms with Crippen LogP contribution in [0.5, 0.6) is 17.6 Å². The lowest BCUT2D eigenvalue weighted by atomic mass is 9.94. The molecule has 2 heterocycles. The first-order valence-electron chi connectivity index (χ1n) is 18.6. The van der Waals surface area contributed by atoms with Gasteiger partial charge in [-0.2, -0.15) is 23.4 Å². The van der Waals surface area contributed by atoms with Crippen molar-refractivity contribution >= 4 is 23.4 Å². The molecule has 4 aromatic rings. The lowest BCUT2D eigenvalue weighted by molar-refractivity contribution is -0.143. The van der Waals surface area contributed by atoms with E-state index in [1.54, 1.807) is 0 Å². The molecule has 2 aromatic carbocycles. The summed E-state index contributed by atoms with van der Waals surface area (Å²) in [4.78, 5) is 32.3. The summed E-state index contributed by atoms with van der Waals surface area (Å²) in [6.45, 7) is 0.928. The Morgan fingerprint density at radius 1 is 1.02 bits per heavy atom. The number of hydrogen-bond acceptors (Lipinski definition) is 9. The van der Waals surface area contributed by atoms with Crippen molar-refractivity contribution in [2.24, 2.45) is 11.3 Å². The van der Waals surface area contributed by atoms with Crippen LogP contribution in [0.1, 0.15) is 78.9 Å². The molecule has 292 valence electrons. The molecule has 2 aromatic heterocycles. The fourth-order valence-corrected chi connectivity index (χ4v) is 8.11. The second kappa shape index (κ2) is 16.1. The number of carbonyl (C=O) groups is 2. The minimum absolute atomic E-state index is 0.0365. The molecule has 56 heavy (non-hydrogen) atoms. The number of ketones is 1. The number of methoxy groups -OCH3 is 1. The third-order valence-corrected chi connectivity index (χ3v) is 11.5. The quantitative estimate of drug-likeness (QED) is 0.120. The van der Waals surface area contributed by atoms with Crippen molar-refractivity contribution in [3.63, 3.8) is 0 Å². The fourth-order valence-electron chi connectivity index (χ4n) is 7.79. The summed E-state index contributed by atoms with van der Waals surface area (Å²) in [5, 5.41) is 22.6. The van der Waals surface area contributed by atoms with Crippen LogP contribution in [0.15, 0.2) is 54.6 Å². The number of benzene rings is 2. The molecular weight excluding hydrogens is 749 g/mol. The van der Waals surface area contributed by atoms with E-state index in [0.717, 1.165) is 29.2 Å². The van der Waals surface area contributed by atoms with E-state index in [0.29, 0.717) is 90.8 Å². The van der Waals surface area contributed by atoms with E-state index in [1.165, 1.54) is 7.11 Å². The van der Waals surface area contributed by atoms with Gasteiger partial charge in [-0.25, -0.2) is 4.98 Å². The van der Waals surface area contributed by atoms with Crippen LogP contribution in [-0.4, -0.2) is 47.1 Å². The number of carboxylic acid groups (broad SMARTS) is 1. The first kappa shape index (κ1) is 39.1. The van der Waals surface area contributed by atoms with Crippen molar-refractivity contribution in [1.82, 2.24) is 15.3 Å². The predicted molar refractivity (Wildman–Crippen MR) is 200 cm³/mol. The third-order valence-electron chi connectivity index (χ3n) is 11.0. The molecular formula is C42H40ClF3N4O6. The van der Waals surface area contributed by atoms with Gasteiger partial charge in [0.2, 0.25) is 17.6 Å². The molecule has 7 rings (SSSR count). The number of Topliss-reactive ketones (excluding diaryl/α,β-unsaturated/α-hetero) is 1. The zero-order chi connectivity index (χ0) is 39.6. The number of pyridine rings is 2. The number of nitrogens with zero attached hydrogens (tertiary/aromatic N) is 3. The largest absolute Gasteiger partial charge is 0.481 e. The van der Waals surface area contributed by atoms with E-state index in [-0.39, 0.29) is 36.7 Å². The molecule has 2 N–H and O–H groups in total. The van der Waals surface area contributed by atoms with Crippen molar-refractivity contribution in [3.05, 3.63) is 87.4 Å². The summed E-state index contributed by atoms with van der Waals surface area (Å²) in [5.74, 6) is -0.715. The van der Waals surface area contributed by atoms with Crippen LogP contribution in [0.4, 0.5) is 13.2 Å². The van der Waals surface area contributed by atoms with Gasteiger partial charge < -0.3 is 24.6 Å². The molecule has 2 saturated carbocycles. The summed E-state index contributed by atoms with van der Waals surface area (Å²) in [6.07, 6.45) is -1.36. The molecule has 10 nitrogen and oxygen atoms in total. The lowest BCUT2D eigenvalue weighted by Gasteiger charge is -2.21. The highest BCUT2D eigenvalue weighted by Gasteiger charge is 2.50. The third kappa shape index (κ3) is 8.18. The van der Waals surface area contributed by atoms with Gasteiger partial charge in [-0.1, -0.05) is 54.1 Å². The Hall–Kier alpha value is -5.19. The summed E-state index contributed by atoms with van der Waals surface area (Å²) >= 11 is 7.12. The topological polar surface area (TPSA) is 144 Å². The molecule has 0 unspecified atom stereocenters. The predicted octanol–water partition coefficient (Wildman–Crippen LogP) is 8.72. The van der Waals surface area contributed by atoms with Gasteiger partial charge in [-0.3, -0.25) is 9.59 Å². The lowest BCUT2D eigenvalue weighted by Crippen LogP contribution is -2.21. The molecule has 14 heteroatoms. The summed E-state index contributed by atoms with van der Waals surface area (Å²) in [5.41, 5.74) is 3.22. The standard InChI is InChI=1S/C42H40ClF3N4O6/c1-54-37-25(14-15-41(16-17-41)40(52)53)21-33(42(44,45)46)39(50-37)56-35-13-11-29-28(4-2-5-30(29)35)31-6-3-7-32(36(31)43)34-12-9-26(38(49-34)55-19-18-47)23-48-22-24-8-10-27(51)20-24/h2-7,9,12,21,24,35,48H,8,10-11,13-17,19-20,22-23H2,1H3,(H,52,53)/t24-,35+/m1/s1. The number of aryl methyl sites for hydroxylation is 1. The molecule has 0 radical (unpaired) electrons. The molecule has 2 fully saturated rings. The fraction of sp³-hybridized carbons (Fsp3) is 0.405. The second-order valence-corrected chi connectivity index (χ2v) is 15.0. The molecule has 0 amide bonds. The Morgan fingerprint density at radius 3 is 2.48 bits per heavy atom. The maximum atomic E-state index is 14.5. The average Bonchev–Trinajstić information content (AvgIpc) is 3.71. The normalized spacial score (nSPS) is 18.3. The maximum Gasteiger partial charge on any atom is 0.421 e. The summed E-state index contributed by atoms with van der Waals surface area (Å²) in [7, 11) is 1.31. The molecule has 3 aliphatic rings. The average molecular weight is 789 g/mol. The van der Waals surface area contributed by atoms with E-state index in [1.807, 2.05) is 54.6 Å². The van der Waals surface area contributed by atoms with E-state index < -0.39 is 35.1 Å². The first-order valence-corrected chi connectivity index (χ1v) is 19.0. The van der Waals surface area contributed by atoms with Gasteiger partial charge in [0.25, 0.3) is 0 Å². The number of ether oxygens (including phenoxy) is 3. The number of nitriles is 1. The molecule has 0 spiro atoms. The van der Waals surface area contributed by atoms with E-state index in [2.05, 4.69) is 10.3 Å². The number of hydrogen-bond donors (Lipinski definition) is 2. The molecule has 0 bridgehead atoms. The van der Waals surface area contributed by atoms with Crippen LogP contribution in [0.25, 0.3) is 22.4 Å². The molecule has 2 atom stereocenters. The van der Waals surface area contributed by atoms with Gasteiger partial charge in [0.1, 0.15) is 23.5 Å². The zero-order valence-electron chi connectivity index (χ0n) is 30.7. The van der Waals surface area contributed by atoms with Crippen LogP contribution in [0.3, 0.4) is 0 Å². The monoisotopic (exact) mass is 788 g/mol. The minimum atomic E-state index is -4.79. The van der Waals surface area contributed by atoms with Crippen molar-refractivity contribution in [1.29, 1.82) is 5.26 Å². The number of aliphatic carboxylic acids is 1. The van der Waals surface area contributed by atoms with Crippen molar-refractivity contribution in [2.45, 2.75) is 76.6 Å². The number of halogens is 4. The highest BCUT2D eigenvalue weighted by molar-refractivity contribution is 6.36. The smallest absolute Gasteiger partial charge is 0.421 e. The Balaban J connectivity index is 1.14. The zero-order valence-corrected chi connectivity index (χ0v) is 31.4. The van der Waals surface area contributed by atoms with Gasteiger partial charge in [0, 0.05) is 41.6 Å². The van der Waals surface area contributed by atoms with Gasteiger partial charge in [-0.05, 0) is 86.2 Å². The second-order valence-electron chi connectivity index (χ2n) is 14.7. The number of nitrogens with one attached hydrogen (secondary N) is 1. The van der Waals surface area contributed by atoms with E-state index in [4.69, 9.17) is 30.8 Å². The number of carboxylic acids is 1. The number of rotatable bonds is 15. The summed E-state index contributed by atoms with van der Waals surface area (Å²) < 4.78 is 60.6. The van der Waals surface area contributed by atoms with Crippen LogP contribution < -0.4 is 19.5 Å². The highest BCUT2D eigenvalue weighted by Crippen LogP contribution is 2.51. The van der Waals surface area contributed by atoms with Crippen LogP contribution >= 0.6 is 11.6 Å². The van der Waals surface area contributed by atoms with E-state index >= 15 is 0 Å². The van der Waals surface area contributed by atoms with Crippen molar-refractivity contribution < 1.29 is 42.1 Å². The van der Waals surface area contributed by atoms with Crippen LogP contribution in [0.2, 0.25) is 5.02 Å². The number of alkyl halides is 3. The summed E-state index contributed by atoms with van der Waals surface area (Å²) in [6, 6.07) is 17.8. The van der Waals surface area contributed by atoms with Crippen LogP contribution in [0, 0.1) is 22.7 Å². The Bertz CT molecular complexity index is 2200. The molecule has 0 aliphatic heterocycles. The van der Waals surface area contributed by atoms with Crippen molar-refractivity contribution in [2.75, 3.05) is 20.3 Å². The van der Waals surface area contributed by atoms with Gasteiger partial charge >= 0.3 is 12.1 Å². The number of fused-ring (bicyclic) bond motifs is 1. The molecule has 0 saturated heterocycles. The van der Waals surface area contributed by atoms with E-state index in [9.17, 15) is 33.1 Å². The van der Waals surface area contributed by atoms with Crippen molar-refractivity contribution in [3.8, 4) is 46.1 Å². The Morgan fingerprint density at radius 2 is 1.79 bits per heavy atom. The number of aromatic nitrogens is 2. The van der Waals surface area contributed by atoms with Gasteiger partial charge in [-0.15, -0.1) is 0 Å². The minimum Gasteiger partial charge on any atom is -0.481 e. The maximum absolute atomic E-state index is 14.5. The SMILES string of the molecule is COc1nc(O[C@H]2CCc3c(-c4cccc(-c5ccc(CNC[C@@H]6CCC(=O)C6)c(OCC#N)n5)c4Cl)cccc32)c(C(F)(F)F)cc1CCC1(C(=O)O)CC1.